The van der Waals surface area contributed by atoms with Crippen LogP contribution in [0.25, 0.3) is 0 Å². The minimum absolute atomic E-state index is 0.0118. The lowest BCUT2D eigenvalue weighted by Gasteiger charge is -2.18. The van der Waals surface area contributed by atoms with E-state index in [2.05, 4.69) is 18.8 Å². The number of ether oxygens (including phenoxy) is 1. The summed E-state index contributed by atoms with van der Waals surface area (Å²) in [7, 11) is 1.61. The van der Waals surface area contributed by atoms with Crippen LogP contribution >= 0.6 is 11.3 Å². The minimum Gasteiger partial charge on any atom is -0.480 e. The maximum atomic E-state index is 10.8. The fraction of sp³-hybridized carbons (Fsp3) is 0.667. The molecule has 6 heteroatoms. The first kappa shape index (κ1) is 15.1. The van der Waals surface area contributed by atoms with Crippen molar-refractivity contribution in [1.82, 2.24) is 9.88 Å². The molecule has 0 unspecified atom stereocenters. The third-order valence-electron chi connectivity index (χ3n) is 2.42. The van der Waals surface area contributed by atoms with Crippen molar-refractivity contribution >= 4 is 17.3 Å². The standard InChI is InChI=1S/C12H20N2O3S/c1-9(2)12-13-10(8-18-12)6-14(4-5-17-3)7-11(15)16/h8-9H,4-7H2,1-3H3,(H,15,16). The number of aliphatic carboxylic acids is 1. The van der Waals surface area contributed by atoms with Gasteiger partial charge in [-0.3, -0.25) is 9.69 Å². The van der Waals surface area contributed by atoms with Gasteiger partial charge in [0.15, 0.2) is 0 Å². The van der Waals surface area contributed by atoms with Crippen LogP contribution in [0, 0.1) is 0 Å². The molecule has 18 heavy (non-hydrogen) atoms. The second kappa shape index (κ2) is 7.45. The second-order valence-corrected chi connectivity index (χ2v) is 5.32. The Balaban J connectivity index is 2.59. The highest BCUT2D eigenvalue weighted by Gasteiger charge is 2.13. The minimum atomic E-state index is -0.828. The average Bonchev–Trinajstić information content (AvgIpc) is 2.73. The molecule has 1 N–H and O–H groups in total. The zero-order chi connectivity index (χ0) is 13.5. The number of thiazole rings is 1. The van der Waals surface area contributed by atoms with Crippen LogP contribution in [-0.4, -0.2) is 47.8 Å². The molecule has 1 rings (SSSR count). The number of carboxylic acids is 1. The Labute approximate surface area is 111 Å². The van der Waals surface area contributed by atoms with E-state index in [9.17, 15) is 4.79 Å². The lowest BCUT2D eigenvalue weighted by atomic mass is 10.2. The summed E-state index contributed by atoms with van der Waals surface area (Å²) >= 11 is 1.63. The predicted molar refractivity (Wildman–Crippen MR) is 71.0 cm³/mol. The molecule has 1 aromatic heterocycles. The van der Waals surface area contributed by atoms with Crippen LogP contribution in [0.5, 0.6) is 0 Å². The Morgan fingerprint density at radius 3 is 2.83 bits per heavy atom. The summed E-state index contributed by atoms with van der Waals surface area (Å²) < 4.78 is 4.98. The molecule has 0 amide bonds. The lowest BCUT2D eigenvalue weighted by molar-refractivity contribution is -0.138. The molecule has 0 atom stereocenters. The monoisotopic (exact) mass is 272 g/mol. The van der Waals surface area contributed by atoms with E-state index >= 15 is 0 Å². The zero-order valence-corrected chi connectivity index (χ0v) is 11.9. The molecule has 0 radical (unpaired) electrons. The summed E-state index contributed by atoms with van der Waals surface area (Å²) in [6.45, 7) is 5.88. The van der Waals surface area contributed by atoms with Gasteiger partial charge in [0.05, 0.1) is 23.9 Å². The number of nitrogens with zero attached hydrogens (tertiary/aromatic N) is 2. The van der Waals surface area contributed by atoms with E-state index in [1.807, 2.05) is 10.3 Å². The van der Waals surface area contributed by atoms with Gasteiger partial charge in [-0.15, -0.1) is 11.3 Å². The van der Waals surface area contributed by atoms with Crippen LogP contribution in [0.1, 0.15) is 30.5 Å². The molecular formula is C12H20N2O3S. The van der Waals surface area contributed by atoms with E-state index in [4.69, 9.17) is 9.84 Å². The molecule has 0 aliphatic heterocycles. The molecule has 0 aromatic carbocycles. The van der Waals surface area contributed by atoms with E-state index in [0.29, 0.717) is 25.6 Å². The van der Waals surface area contributed by atoms with Crippen LogP contribution in [-0.2, 0) is 16.1 Å². The Morgan fingerprint density at radius 1 is 1.61 bits per heavy atom. The SMILES string of the molecule is COCCN(CC(=O)O)Cc1csc(C(C)C)n1. The molecule has 0 bridgehead atoms. The van der Waals surface area contributed by atoms with Crippen molar-refractivity contribution in [3.63, 3.8) is 0 Å². The van der Waals surface area contributed by atoms with Crippen molar-refractivity contribution in [3.8, 4) is 0 Å². The number of carbonyl (C=O) groups is 1. The molecule has 5 nitrogen and oxygen atoms in total. The van der Waals surface area contributed by atoms with Gasteiger partial charge >= 0.3 is 5.97 Å². The van der Waals surface area contributed by atoms with E-state index in [-0.39, 0.29) is 6.54 Å². The first-order chi connectivity index (χ1) is 8.52. The number of hydrogen-bond acceptors (Lipinski definition) is 5. The van der Waals surface area contributed by atoms with E-state index in [0.717, 1.165) is 10.7 Å². The van der Waals surface area contributed by atoms with Gasteiger partial charge < -0.3 is 9.84 Å². The summed E-state index contributed by atoms with van der Waals surface area (Å²) in [5, 5.41) is 11.9. The Bertz CT molecular complexity index is 379. The van der Waals surface area contributed by atoms with Gasteiger partial charge in [-0.25, -0.2) is 4.98 Å². The number of rotatable bonds is 8. The van der Waals surface area contributed by atoms with Crippen molar-refractivity contribution < 1.29 is 14.6 Å². The van der Waals surface area contributed by atoms with Gasteiger partial charge in [0.1, 0.15) is 0 Å². The third kappa shape index (κ3) is 5.12. The maximum Gasteiger partial charge on any atom is 0.317 e. The molecule has 0 saturated heterocycles. The van der Waals surface area contributed by atoms with Crippen molar-refractivity contribution in [2.24, 2.45) is 0 Å². The Hall–Kier alpha value is -0.980. The van der Waals surface area contributed by atoms with Crippen LogP contribution in [0.3, 0.4) is 0 Å². The highest BCUT2D eigenvalue weighted by Crippen LogP contribution is 2.19. The fourth-order valence-corrected chi connectivity index (χ4v) is 2.34. The van der Waals surface area contributed by atoms with Crippen molar-refractivity contribution in [2.45, 2.75) is 26.3 Å². The summed E-state index contributed by atoms with van der Waals surface area (Å²) in [6.07, 6.45) is 0. The number of hydrogen-bond donors (Lipinski definition) is 1. The van der Waals surface area contributed by atoms with Crippen molar-refractivity contribution in [2.75, 3.05) is 26.8 Å². The van der Waals surface area contributed by atoms with Gasteiger partial charge in [0.25, 0.3) is 0 Å². The molecule has 0 fully saturated rings. The van der Waals surface area contributed by atoms with Gasteiger partial charge in [-0.05, 0) is 0 Å². The molecular weight excluding hydrogens is 252 g/mol. The summed E-state index contributed by atoms with van der Waals surface area (Å²) in [4.78, 5) is 17.1. The zero-order valence-electron chi connectivity index (χ0n) is 11.0. The molecule has 1 aromatic rings. The largest absolute Gasteiger partial charge is 0.480 e. The first-order valence-electron chi connectivity index (χ1n) is 5.90. The topological polar surface area (TPSA) is 62.7 Å². The molecule has 0 saturated carbocycles. The van der Waals surface area contributed by atoms with Crippen molar-refractivity contribution in [3.05, 3.63) is 16.1 Å². The van der Waals surface area contributed by atoms with E-state index in [1.54, 1.807) is 18.4 Å². The normalized spacial score (nSPS) is 11.4. The number of methoxy groups -OCH3 is 1. The van der Waals surface area contributed by atoms with E-state index in [1.165, 1.54) is 0 Å². The number of carboxylic acid groups (broad SMARTS) is 1. The van der Waals surface area contributed by atoms with Gasteiger partial charge in [-0.1, -0.05) is 13.8 Å². The van der Waals surface area contributed by atoms with Crippen molar-refractivity contribution in [1.29, 1.82) is 0 Å². The summed E-state index contributed by atoms with van der Waals surface area (Å²) in [5.41, 5.74) is 0.932. The highest BCUT2D eigenvalue weighted by atomic mass is 32.1. The smallest absolute Gasteiger partial charge is 0.317 e. The molecule has 0 spiro atoms. The maximum absolute atomic E-state index is 10.8. The second-order valence-electron chi connectivity index (χ2n) is 4.43. The first-order valence-corrected chi connectivity index (χ1v) is 6.78. The van der Waals surface area contributed by atoms with Crippen LogP contribution in [0.15, 0.2) is 5.38 Å². The van der Waals surface area contributed by atoms with E-state index < -0.39 is 5.97 Å². The Morgan fingerprint density at radius 2 is 2.33 bits per heavy atom. The van der Waals surface area contributed by atoms with Crippen LogP contribution < -0.4 is 0 Å². The van der Waals surface area contributed by atoms with Crippen LogP contribution in [0.4, 0.5) is 0 Å². The highest BCUT2D eigenvalue weighted by molar-refractivity contribution is 7.09. The quantitative estimate of drug-likeness (QED) is 0.782. The molecule has 0 aliphatic rings. The van der Waals surface area contributed by atoms with Crippen LogP contribution in [0.2, 0.25) is 0 Å². The lowest BCUT2D eigenvalue weighted by Crippen LogP contribution is -2.32. The molecule has 102 valence electrons. The van der Waals surface area contributed by atoms with Gasteiger partial charge in [0.2, 0.25) is 0 Å². The summed E-state index contributed by atoms with van der Waals surface area (Å²) in [5.74, 6) is -0.416. The average molecular weight is 272 g/mol. The predicted octanol–water partition coefficient (Wildman–Crippen LogP) is 1.80. The van der Waals surface area contributed by atoms with Gasteiger partial charge in [0, 0.05) is 31.5 Å². The third-order valence-corrected chi connectivity index (χ3v) is 3.61. The fourth-order valence-electron chi connectivity index (χ4n) is 1.52. The molecule has 1 heterocycles. The number of aromatic nitrogens is 1. The summed E-state index contributed by atoms with van der Waals surface area (Å²) in [6, 6.07) is 0. The van der Waals surface area contributed by atoms with Gasteiger partial charge in [-0.2, -0.15) is 0 Å². The Kier molecular flexibility index (Phi) is 6.24. The molecule has 0 aliphatic carbocycles.